The fourth-order valence-corrected chi connectivity index (χ4v) is 3.80. The van der Waals surface area contributed by atoms with E-state index < -0.39 is 5.91 Å². The van der Waals surface area contributed by atoms with E-state index in [9.17, 15) is 30.0 Å². The van der Waals surface area contributed by atoms with E-state index in [0.29, 0.717) is 57.1 Å². The monoisotopic (exact) mass is 540 g/mol. The van der Waals surface area contributed by atoms with Crippen LogP contribution in [-0.4, -0.2) is 32.7 Å². The first-order valence-electron chi connectivity index (χ1n) is 11.8. The van der Waals surface area contributed by atoms with Crippen molar-refractivity contribution in [2.75, 3.05) is 5.32 Å². The minimum atomic E-state index is -0.730. The summed E-state index contributed by atoms with van der Waals surface area (Å²) in [5.74, 6) is -0.852. The zero-order valence-corrected chi connectivity index (χ0v) is 20.9. The molecule has 0 atom stereocenters. The molecule has 0 aromatic heterocycles. The topological polar surface area (TPSA) is 203 Å². The Balaban J connectivity index is 1.66. The van der Waals surface area contributed by atoms with E-state index >= 15 is 0 Å². The molecule has 0 aliphatic carbocycles. The van der Waals surface area contributed by atoms with Gasteiger partial charge in [-0.15, -0.1) is 0 Å². The number of amides is 2. The summed E-state index contributed by atoms with van der Waals surface area (Å²) in [6, 6.07) is 18.3. The normalized spacial score (nSPS) is 11.2. The number of anilines is 1. The molecule has 0 fully saturated rings. The van der Waals surface area contributed by atoms with Crippen molar-refractivity contribution in [2.24, 2.45) is 26.2 Å². The molecule has 2 amide bonds. The standard InChI is InChI=1S/C28H24N6O6/c29-28(40)24-11-20(33-31-18-3-7-26(38)16(9-18)13-35)1-5-22(24)23-6-2-21(12-25(23)30-15-37)34-32-19-4-8-27(39)17(10-19)14-36/h1-12,15,35-36,38-39H,13-14H2,(H2,29,40)(H,30,37). The second kappa shape index (κ2) is 12.4. The number of aromatic hydroxyl groups is 2. The number of rotatable bonds is 10. The van der Waals surface area contributed by atoms with Crippen molar-refractivity contribution in [3.05, 3.63) is 89.5 Å². The average molecular weight is 541 g/mol. The predicted octanol–water partition coefficient (Wildman–Crippen LogP) is 5.25. The first-order chi connectivity index (χ1) is 19.3. The van der Waals surface area contributed by atoms with Crippen LogP contribution in [0.3, 0.4) is 0 Å². The van der Waals surface area contributed by atoms with Crippen molar-refractivity contribution in [1.29, 1.82) is 0 Å². The molecule has 0 heterocycles. The van der Waals surface area contributed by atoms with Crippen LogP contribution in [0.25, 0.3) is 11.1 Å². The predicted molar refractivity (Wildman–Crippen MR) is 146 cm³/mol. The lowest BCUT2D eigenvalue weighted by Crippen LogP contribution is -2.12. The van der Waals surface area contributed by atoms with Crippen molar-refractivity contribution in [1.82, 2.24) is 0 Å². The Morgan fingerprint density at radius 1 is 0.700 bits per heavy atom. The molecule has 0 aliphatic rings. The Labute approximate surface area is 227 Å². The van der Waals surface area contributed by atoms with Gasteiger partial charge in [-0.25, -0.2) is 0 Å². The van der Waals surface area contributed by atoms with Gasteiger partial charge in [-0.05, 0) is 66.2 Å². The zero-order chi connectivity index (χ0) is 28.6. The third-order valence-corrected chi connectivity index (χ3v) is 5.81. The number of benzene rings is 4. The third-order valence-electron chi connectivity index (χ3n) is 5.81. The Hall–Kier alpha value is -5.46. The molecular formula is C28H24N6O6. The number of carbonyl (C=O) groups is 2. The summed E-state index contributed by atoms with van der Waals surface area (Å²) in [7, 11) is 0. The van der Waals surface area contributed by atoms with Crippen LogP contribution in [0.5, 0.6) is 11.5 Å². The number of carbonyl (C=O) groups excluding carboxylic acids is 2. The van der Waals surface area contributed by atoms with Gasteiger partial charge in [-0.3, -0.25) is 9.59 Å². The SMILES string of the molecule is NC(=O)c1cc(N=Nc2ccc(O)c(CO)c2)ccc1-c1ccc(N=Nc2ccc(O)c(CO)c2)cc1NC=O. The molecule has 0 radical (unpaired) electrons. The van der Waals surface area contributed by atoms with Crippen LogP contribution in [0.4, 0.5) is 28.4 Å². The Morgan fingerprint density at radius 2 is 1.15 bits per heavy atom. The second-order valence-corrected chi connectivity index (χ2v) is 8.43. The molecule has 7 N–H and O–H groups in total. The highest BCUT2D eigenvalue weighted by Crippen LogP contribution is 2.36. The van der Waals surface area contributed by atoms with Gasteiger partial charge in [0, 0.05) is 22.3 Å². The van der Waals surface area contributed by atoms with E-state index in [1.165, 1.54) is 42.5 Å². The number of phenols is 2. The number of nitrogens with two attached hydrogens (primary N) is 1. The van der Waals surface area contributed by atoms with E-state index in [-0.39, 0.29) is 30.3 Å². The van der Waals surface area contributed by atoms with Gasteiger partial charge in [0.1, 0.15) is 11.5 Å². The molecule has 4 aromatic carbocycles. The van der Waals surface area contributed by atoms with Gasteiger partial charge < -0.3 is 31.5 Å². The fraction of sp³-hybridized carbons (Fsp3) is 0.0714. The number of hydrogen-bond acceptors (Lipinski definition) is 10. The highest BCUT2D eigenvalue weighted by molar-refractivity contribution is 6.03. The molecule has 0 spiro atoms. The smallest absolute Gasteiger partial charge is 0.249 e. The molecule has 0 bridgehead atoms. The van der Waals surface area contributed by atoms with Crippen molar-refractivity contribution in [2.45, 2.75) is 13.2 Å². The van der Waals surface area contributed by atoms with E-state index in [1.54, 1.807) is 30.3 Å². The van der Waals surface area contributed by atoms with E-state index in [4.69, 9.17) is 5.73 Å². The van der Waals surface area contributed by atoms with E-state index in [0.717, 1.165) is 0 Å². The molecule has 4 aromatic rings. The summed E-state index contributed by atoms with van der Waals surface area (Å²) >= 11 is 0. The van der Waals surface area contributed by atoms with Crippen LogP contribution in [0.2, 0.25) is 0 Å². The van der Waals surface area contributed by atoms with Gasteiger partial charge in [0.2, 0.25) is 12.3 Å². The van der Waals surface area contributed by atoms with Gasteiger partial charge >= 0.3 is 0 Å². The summed E-state index contributed by atoms with van der Waals surface area (Å²) in [4.78, 5) is 23.7. The molecular weight excluding hydrogens is 516 g/mol. The molecule has 0 saturated carbocycles. The fourth-order valence-electron chi connectivity index (χ4n) is 3.80. The van der Waals surface area contributed by atoms with Crippen LogP contribution in [-0.2, 0) is 18.0 Å². The summed E-state index contributed by atoms with van der Waals surface area (Å²) in [6.45, 7) is -0.727. The lowest BCUT2D eigenvalue weighted by atomic mass is 9.96. The summed E-state index contributed by atoms with van der Waals surface area (Å²) < 4.78 is 0. The average Bonchev–Trinajstić information content (AvgIpc) is 2.96. The lowest BCUT2D eigenvalue weighted by molar-refractivity contribution is -0.105. The largest absolute Gasteiger partial charge is 0.508 e. The summed E-state index contributed by atoms with van der Waals surface area (Å²) in [5.41, 5.74) is 9.12. The maximum absolute atomic E-state index is 12.3. The first kappa shape index (κ1) is 27.6. The van der Waals surface area contributed by atoms with Crippen molar-refractivity contribution in [3.63, 3.8) is 0 Å². The Morgan fingerprint density at radius 3 is 1.62 bits per heavy atom. The maximum Gasteiger partial charge on any atom is 0.249 e. The number of aliphatic hydroxyl groups is 2. The van der Waals surface area contributed by atoms with Crippen LogP contribution < -0.4 is 11.1 Å². The van der Waals surface area contributed by atoms with E-state index in [1.807, 2.05) is 0 Å². The number of aliphatic hydroxyl groups excluding tert-OH is 2. The molecule has 40 heavy (non-hydrogen) atoms. The number of azo groups is 2. The van der Waals surface area contributed by atoms with Crippen LogP contribution in [0, 0.1) is 0 Å². The molecule has 12 heteroatoms. The van der Waals surface area contributed by atoms with Crippen molar-refractivity contribution >= 4 is 40.8 Å². The molecule has 4 rings (SSSR count). The molecule has 0 aliphatic heterocycles. The van der Waals surface area contributed by atoms with Crippen LogP contribution >= 0.6 is 0 Å². The Bertz CT molecular complexity index is 1640. The maximum atomic E-state index is 12.3. The van der Waals surface area contributed by atoms with Gasteiger partial charge in [-0.1, -0.05) is 12.1 Å². The Kier molecular flexibility index (Phi) is 8.54. The lowest BCUT2D eigenvalue weighted by Gasteiger charge is -2.13. The second-order valence-electron chi connectivity index (χ2n) is 8.43. The zero-order valence-electron chi connectivity index (χ0n) is 20.9. The quantitative estimate of drug-likeness (QED) is 0.117. The number of nitrogens with one attached hydrogen (secondary N) is 1. The third kappa shape index (κ3) is 6.32. The van der Waals surface area contributed by atoms with Crippen molar-refractivity contribution in [3.8, 4) is 22.6 Å². The summed E-state index contributed by atoms with van der Waals surface area (Å²) in [5, 5.41) is 57.1. The van der Waals surface area contributed by atoms with Crippen LogP contribution in [0.1, 0.15) is 21.5 Å². The first-order valence-corrected chi connectivity index (χ1v) is 11.8. The molecule has 12 nitrogen and oxygen atoms in total. The van der Waals surface area contributed by atoms with Crippen molar-refractivity contribution < 1.29 is 30.0 Å². The molecule has 0 unspecified atom stereocenters. The number of nitrogens with zero attached hydrogens (tertiary/aromatic N) is 4. The molecule has 0 saturated heterocycles. The molecule has 202 valence electrons. The number of hydrogen-bond donors (Lipinski definition) is 6. The highest BCUT2D eigenvalue weighted by atomic mass is 16.3. The van der Waals surface area contributed by atoms with Gasteiger partial charge in [0.05, 0.1) is 41.7 Å². The minimum Gasteiger partial charge on any atom is -0.508 e. The van der Waals surface area contributed by atoms with Gasteiger partial charge in [-0.2, -0.15) is 20.5 Å². The van der Waals surface area contributed by atoms with Gasteiger partial charge in [0.25, 0.3) is 0 Å². The van der Waals surface area contributed by atoms with Crippen LogP contribution in [0.15, 0.2) is 93.3 Å². The van der Waals surface area contributed by atoms with E-state index in [2.05, 4.69) is 25.8 Å². The highest BCUT2D eigenvalue weighted by Gasteiger charge is 2.15. The van der Waals surface area contributed by atoms with Gasteiger partial charge in [0.15, 0.2) is 0 Å². The minimum absolute atomic E-state index is 0.0581. The number of primary amides is 1. The summed E-state index contributed by atoms with van der Waals surface area (Å²) in [6.07, 6.45) is 0.484.